The highest BCUT2D eigenvalue weighted by Crippen LogP contribution is 2.43. The maximum absolute atomic E-state index is 6.52. The molecule has 2 fully saturated rings. The fraction of sp³-hybridized carbons (Fsp3) is 0.480. The number of ether oxygens (including phenoxy) is 1. The molecule has 2 aliphatic heterocycles. The molecule has 4 heteroatoms. The molecule has 152 valence electrons. The number of H-pyrrole nitrogens is 1. The van der Waals surface area contributed by atoms with Crippen molar-refractivity contribution >= 4 is 11.0 Å². The lowest BCUT2D eigenvalue weighted by atomic mass is 9.83. The summed E-state index contributed by atoms with van der Waals surface area (Å²) in [6.45, 7) is 6.39. The van der Waals surface area contributed by atoms with E-state index in [4.69, 9.17) is 4.74 Å². The van der Waals surface area contributed by atoms with Crippen LogP contribution in [0, 0.1) is 0 Å². The van der Waals surface area contributed by atoms with E-state index in [1.165, 1.54) is 49.0 Å². The van der Waals surface area contributed by atoms with Crippen LogP contribution in [0.1, 0.15) is 51.5 Å². The summed E-state index contributed by atoms with van der Waals surface area (Å²) in [6, 6.07) is 11.8. The quantitative estimate of drug-likeness (QED) is 0.622. The highest BCUT2D eigenvalue weighted by molar-refractivity contribution is 5.81. The Morgan fingerprint density at radius 1 is 1.07 bits per heavy atom. The summed E-state index contributed by atoms with van der Waals surface area (Å²) in [5, 5.41) is 1.16. The molecule has 1 saturated carbocycles. The first kappa shape index (κ1) is 18.7. The van der Waals surface area contributed by atoms with Gasteiger partial charge in [-0.25, -0.2) is 4.98 Å². The number of aromatic nitrogens is 2. The maximum atomic E-state index is 6.52. The molecule has 3 aromatic rings. The Kier molecular flexibility index (Phi) is 4.83. The summed E-state index contributed by atoms with van der Waals surface area (Å²) < 4.78 is 6.52. The number of piperidine rings is 1. The number of pyridine rings is 1. The van der Waals surface area contributed by atoms with Crippen molar-refractivity contribution in [3.05, 3.63) is 48.3 Å². The summed E-state index contributed by atoms with van der Waals surface area (Å²) in [7, 11) is 0. The Hall–Kier alpha value is -2.33. The molecule has 1 aromatic carbocycles. The van der Waals surface area contributed by atoms with Gasteiger partial charge in [-0.2, -0.15) is 0 Å². The van der Waals surface area contributed by atoms with Crippen molar-refractivity contribution in [2.45, 2.75) is 64.0 Å². The number of benzene rings is 1. The summed E-state index contributed by atoms with van der Waals surface area (Å²) in [5.41, 5.74) is 4.74. The lowest BCUT2D eigenvalue weighted by Gasteiger charge is -2.45. The average Bonchev–Trinajstić information content (AvgIpc) is 3.33. The first-order valence-electron chi connectivity index (χ1n) is 11.3. The largest absolute Gasteiger partial charge is 0.487 e. The van der Waals surface area contributed by atoms with E-state index in [2.05, 4.69) is 45.2 Å². The minimum atomic E-state index is 0.0318. The van der Waals surface area contributed by atoms with Crippen molar-refractivity contribution in [1.29, 1.82) is 0 Å². The van der Waals surface area contributed by atoms with E-state index >= 15 is 0 Å². The molecular formula is C25H31N3O. The number of hydrogen-bond acceptors (Lipinski definition) is 3. The highest BCUT2D eigenvalue weighted by Gasteiger charge is 2.43. The fourth-order valence-corrected chi connectivity index (χ4v) is 5.04. The van der Waals surface area contributed by atoms with Gasteiger partial charge in [-0.3, -0.25) is 0 Å². The van der Waals surface area contributed by atoms with E-state index in [1.807, 2.05) is 26.2 Å². The molecule has 3 aliphatic rings. The van der Waals surface area contributed by atoms with Crippen molar-refractivity contribution in [1.82, 2.24) is 14.9 Å². The van der Waals surface area contributed by atoms with Crippen molar-refractivity contribution < 1.29 is 4.74 Å². The van der Waals surface area contributed by atoms with Crippen LogP contribution in [0.2, 0.25) is 0 Å². The van der Waals surface area contributed by atoms with E-state index in [1.54, 1.807) is 0 Å². The molecule has 0 bridgehead atoms. The minimum Gasteiger partial charge on any atom is -0.487 e. The van der Waals surface area contributed by atoms with Crippen LogP contribution in [-0.2, 0) is 6.42 Å². The van der Waals surface area contributed by atoms with Gasteiger partial charge in [0.05, 0.1) is 0 Å². The van der Waals surface area contributed by atoms with Gasteiger partial charge in [0, 0.05) is 61.7 Å². The van der Waals surface area contributed by atoms with E-state index in [9.17, 15) is 0 Å². The highest BCUT2D eigenvalue weighted by atomic mass is 16.5. The molecule has 1 spiro atoms. The molecule has 1 N–H and O–H groups in total. The van der Waals surface area contributed by atoms with Crippen molar-refractivity contribution in [3.63, 3.8) is 0 Å². The average molecular weight is 390 g/mol. The molecule has 4 nitrogen and oxygen atoms in total. The van der Waals surface area contributed by atoms with Gasteiger partial charge in [-0.05, 0) is 48.2 Å². The van der Waals surface area contributed by atoms with Crippen LogP contribution in [0.25, 0.3) is 22.2 Å². The Morgan fingerprint density at radius 2 is 1.90 bits per heavy atom. The van der Waals surface area contributed by atoms with Gasteiger partial charge >= 0.3 is 0 Å². The van der Waals surface area contributed by atoms with Crippen LogP contribution in [-0.4, -0.2) is 39.6 Å². The number of rotatable bonds is 2. The molecule has 0 atom stereocenters. The Labute approximate surface area is 173 Å². The molecule has 6 rings (SSSR count). The number of likely N-dealkylation sites (tertiary alicyclic amines) is 1. The number of nitrogens with zero attached hydrogens (tertiary/aromatic N) is 2. The van der Waals surface area contributed by atoms with Gasteiger partial charge < -0.3 is 14.6 Å². The van der Waals surface area contributed by atoms with Crippen LogP contribution in [0.3, 0.4) is 0 Å². The zero-order valence-corrected chi connectivity index (χ0v) is 17.6. The van der Waals surface area contributed by atoms with Gasteiger partial charge in [-0.1, -0.05) is 26.3 Å². The fourth-order valence-electron chi connectivity index (χ4n) is 5.04. The van der Waals surface area contributed by atoms with Crippen LogP contribution < -0.4 is 4.74 Å². The molecule has 1 aliphatic carbocycles. The summed E-state index contributed by atoms with van der Waals surface area (Å²) in [5.74, 6) is 1.09. The molecule has 0 amide bonds. The second-order valence-electron chi connectivity index (χ2n) is 8.54. The second kappa shape index (κ2) is 7.49. The smallest absolute Gasteiger partial charge is 0.137 e. The third kappa shape index (κ3) is 3.33. The number of aromatic amines is 1. The number of hydrogen-bond donors (Lipinski definition) is 1. The number of nitrogens with one attached hydrogen (secondary N) is 1. The van der Waals surface area contributed by atoms with Crippen molar-refractivity contribution in [3.8, 4) is 16.9 Å². The van der Waals surface area contributed by atoms with Gasteiger partial charge in [0.15, 0.2) is 0 Å². The van der Waals surface area contributed by atoms with Gasteiger partial charge in [0.1, 0.15) is 17.0 Å². The standard InChI is InChI=1S/C23H25N3O.C2H6/c1-2-20(3-1)26-10-7-23(8-11-26)14-18-12-16(4-5-21(18)27-23)19-13-17-6-9-24-22(17)25-15-19;1-2/h4-6,9,12-13,15,20H,1-3,7-8,10-11,14H2,(H,24,25);1-2H3. The summed E-state index contributed by atoms with van der Waals surface area (Å²) in [6.07, 6.45) is 11.5. The van der Waals surface area contributed by atoms with Crippen LogP contribution in [0.4, 0.5) is 0 Å². The first-order chi connectivity index (χ1) is 14.3. The lowest BCUT2D eigenvalue weighted by molar-refractivity contribution is -0.00746. The topological polar surface area (TPSA) is 41.1 Å². The monoisotopic (exact) mass is 389 g/mol. The minimum absolute atomic E-state index is 0.0318. The lowest BCUT2D eigenvalue weighted by Crippen LogP contribution is -2.52. The molecule has 29 heavy (non-hydrogen) atoms. The molecule has 1 saturated heterocycles. The van der Waals surface area contributed by atoms with Gasteiger partial charge in [0.2, 0.25) is 0 Å². The van der Waals surface area contributed by atoms with Gasteiger partial charge in [-0.15, -0.1) is 0 Å². The van der Waals surface area contributed by atoms with Crippen LogP contribution in [0.5, 0.6) is 5.75 Å². The Bertz CT molecular complexity index is 996. The first-order valence-corrected chi connectivity index (χ1v) is 11.3. The normalized spacial score (nSPS) is 20.6. The molecule has 4 heterocycles. The van der Waals surface area contributed by atoms with E-state index in [-0.39, 0.29) is 5.60 Å². The third-order valence-corrected chi connectivity index (χ3v) is 6.93. The van der Waals surface area contributed by atoms with E-state index < -0.39 is 0 Å². The van der Waals surface area contributed by atoms with E-state index in [0.29, 0.717) is 0 Å². The molecular weight excluding hydrogens is 358 g/mol. The summed E-state index contributed by atoms with van der Waals surface area (Å²) >= 11 is 0. The molecule has 2 aromatic heterocycles. The number of fused-ring (bicyclic) bond motifs is 2. The second-order valence-corrected chi connectivity index (χ2v) is 8.54. The van der Waals surface area contributed by atoms with Crippen molar-refractivity contribution in [2.75, 3.05) is 13.1 Å². The zero-order chi connectivity index (χ0) is 19.8. The molecule has 0 unspecified atom stereocenters. The zero-order valence-electron chi connectivity index (χ0n) is 17.6. The predicted molar refractivity (Wildman–Crippen MR) is 118 cm³/mol. The Balaban J connectivity index is 0.000000882. The SMILES string of the molecule is CC.c1cc2cc(-c3ccc4c(c3)CC3(CCN(C5CCC5)CC3)O4)cnc2[nH]1. The Morgan fingerprint density at radius 3 is 2.66 bits per heavy atom. The predicted octanol–water partition coefficient (Wildman–Crippen LogP) is 5.58. The van der Waals surface area contributed by atoms with Crippen LogP contribution >= 0.6 is 0 Å². The van der Waals surface area contributed by atoms with Crippen molar-refractivity contribution in [2.24, 2.45) is 0 Å². The summed E-state index contributed by atoms with van der Waals surface area (Å²) in [4.78, 5) is 10.4. The third-order valence-electron chi connectivity index (χ3n) is 6.93. The van der Waals surface area contributed by atoms with E-state index in [0.717, 1.165) is 42.1 Å². The van der Waals surface area contributed by atoms with Crippen LogP contribution in [0.15, 0.2) is 42.7 Å². The maximum Gasteiger partial charge on any atom is 0.137 e. The molecule has 0 radical (unpaired) electrons. The van der Waals surface area contributed by atoms with Gasteiger partial charge in [0.25, 0.3) is 0 Å².